The van der Waals surface area contributed by atoms with Crippen LogP contribution >= 0.6 is 0 Å². The molecule has 82 valence electrons. The number of benzene rings is 1. The third-order valence-electron chi connectivity index (χ3n) is 2.81. The Morgan fingerprint density at radius 1 is 1.31 bits per heavy atom. The number of hydrogen-bond acceptors (Lipinski definition) is 2. The van der Waals surface area contributed by atoms with Gasteiger partial charge in [-0.3, -0.25) is 10.1 Å². The number of nitrogens with zero attached hydrogens (tertiary/aromatic N) is 1. The summed E-state index contributed by atoms with van der Waals surface area (Å²) >= 11 is 0. The molecule has 0 saturated heterocycles. The monoisotopic (exact) mass is 215 g/mol. The van der Waals surface area contributed by atoms with E-state index in [9.17, 15) is 10.1 Å². The van der Waals surface area contributed by atoms with Gasteiger partial charge < -0.3 is 0 Å². The summed E-state index contributed by atoms with van der Waals surface area (Å²) in [4.78, 5) is 10.7. The molecule has 0 saturated carbocycles. The van der Waals surface area contributed by atoms with Crippen LogP contribution in [-0.4, -0.2) is 4.92 Å². The van der Waals surface area contributed by atoms with Crippen molar-refractivity contribution in [2.45, 2.75) is 19.8 Å². The van der Waals surface area contributed by atoms with Crippen molar-refractivity contribution in [3.8, 4) is 0 Å². The number of nitro groups is 1. The van der Waals surface area contributed by atoms with Crippen LogP contribution in [0.15, 0.2) is 42.1 Å². The topological polar surface area (TPSA) is 43.1 Å². The predicted molar refractivity (Wildman–Crippen MR) is 63.5 cm³/mol. The van der Waals surface area contributed by atoms with Crippen molar-refractivity contribution in [2.75, 3.05) is 0 Å². The molecule has 0 atom stereocenters. The van der Waals surface area contributed by atoms with Crippen LogP contribution in [0, 0.1) is 17.0 Å². The Hall–Kier alpha value is -1.90. The third-order valence-corrected chi connectivity index (χ3v) is 2.81. The molecule has 1 aliphatic rings. The molecule has 1 aliphatic carbocycles. The molecule has 2 rings (SSSR count). The lowest BCUT2D eigenvalue weighted by molar-refractivity contribution is -0.418. The molecule has 0 spiro atoms. The number of aryl methyl sites for hydroxylation is 1. The van der Waals surface area contributed by atoms with Crippen molar-refractivity contribution in [3.05, 3.63) is 63.4 Å². The predicted octanol–water partition coefficient (Wildman–Crippen LogP) is 3.33. The molecular weight excluding hydrogens is 202 g/mol. The standard InChI is InChI=1S/C13H13NO2/c1-10-6-2-3-7-11(10)12-8-4-5-9-13(12)14(15)16/h2-3,5-7,9H,4,8H2,1H3. The van der Waals surface area contributed by atoms with Crippen molar-refractivity contribution in [3.63, 3.8) is 0 Å². The van der Waals surface area contributed by atoms with Gasteiger partial charge in [0.1, 0.15) is 0 Å². The van der Waals surface area contributed by atoms with E-state index in [1.807, 2.05) is 37.3 Å². The number of allylic oxidation sites excluding steroid dienone is 3. The van der Waals surface area contributed by atoms with Crippen LogP contribution in [0.5, 0.6) is 0 Å². The zero-order valence-corrected chi connectivity index (χ0v) is 9.14. The van der Waals surface area contributed by atoms with Gasteiger partial charge in [-0.1, -0.05) is 30.3 Å². The van der Waals surface area contributed by atoms with Gasteiger partial charge in [0, 0.05) is 11.6 Å². The summed E-state index contributed by atoms with van der Waals surface area (Å²) in [6, 6.07) is 7.81. The van der Waals surface area contributed by atoms with E-state index >= 15 is 0 Å². The summed E-state index contributed by atoms with van der Waals surface area (Å²) in [5, 5.41) is 10.9. The second kappa shape index (κ2) is 4.31. The zero-order valence-electron chi connectivity index (χ0n) is 9.14. The zero-order chi connectivity index (χ0) is 11.5. The molecule has 1 aromatic rings. The molecule has 16 heavy (non-hydrogen) atoms. The van der Waals surface area contributed by atoms with E-state index in [4.69, 9.17) is 0 Å². The van der Waals surface area contributed by atoms with Crippen molar-refractivity contribution in [1.29, 1.82) is 0 Å². The normalized spacial score (nSPS) is 15.3. The molecule has 0 radical (unpaired) electrons. The van der Waals surface area contributed by atoms with Crippen molar-refractivity contribution < 1.29 is 4.92 Å². The van der Waals surface area contributed by atoms with E-state index in [1.54, 1.807) is 6.08 Å². The first-order chi connectivity index (χ1) is 7.70. The van der Waals surface area contributed by atoms with E-state index in [0.29, 0.717) is 0 Å². The van der Waals surface area contributed by atoms with E-state index in [2.05, 4.69) is 0 Å². The maximum absolute atomic E-state index is 10.9. The summed E-state index contributed by atoms with van der Waals surface area (Å²) < 4.78 is 0. The number of hydrogen-bond donors (Lipinski definition) is 0. The molecule has 0 fully saturated rings. The van der Waals surface area contributed by atoms with Gasteiger partial charge >= 0.3 is 0 Å². The van der Waals surface area contributed by atoms with Gasteiger partial charge in [-0.25, -0.2) is 0 Å². The van der Waals surface area contributed by atoms with Crippen LogP contribution in [0.4, 0.5) is 0 Å². The van der Waals surface area contributed by atoms with Crippen molar-refractivity contribution in [1.82, 2.24) is 0 Å². The third kappa shape index (κ3) is 1.89. The Kier molecular flexibility index (Phi) is 2.86. The van der Waals surface area contributed by atoms with Crippen LogP contribution in [0.3, 0.4) is 0 Å². The molecule has 0 aliphatic heterocycles. The second-order valence-corrected chi connectivity index (χ2v) is 3.88. The minimum absolute atomic E-state index is 0.237. The highest BCUT2D eigenvalue weighted by atomic mass is 16.6. The molecule has 3 nitrogen and oxygen atoms in total. The van der Waals surface area contributed by atoms with Crippen LogP contribution in [0.1, 0.15) is 24.0 Å². The molecule has 3 heteroatoms. The first-order valence-electron chi connectivity index (χ1n) is 5.30. The fourth-order valence-electron chi connectivity index (χ4n) is 2.01. The minimum Gasteiger partial charge on any atom is -0.258 e. The Balaban J connectivity index is 2.57. The highest BCUT2D eigenvalue weighted by molar-refractivity contribution is 5.72. The van der Waals surface area contributed by atoms with Gasteiger partial charge in [0.05, 0.1) is 4.92 Å². The van der Waals surface area contributed by atoms with E-state index in [-0.39, 0.29) is 10.6 Å². The summed E-state index contributed by atoms with van der Waals surface area (Å²) in [5.41, 5.74) is 3.18. The smallest absolute Gasteiger partial charge is 0.258 e. The van der Waals surface area contributed by atoms with Gasteiger partial charge in [0.15, 0.2) is 0 Å². The van der Waals surface area contributed by atoms with Crippen LogP contribution in [0.2, 0.25) is 0 Å². The van der Waals surface area contributed by atoms with Gasteiger partial charge in [-0.2, -0.15) is 0 Å². The average Bonchev–Trinajstić information content (AvgIpc) is 2.29. The first-order valence-corrected chi connectivity index (χ1v) is 5.30. The van der Waals surface area contributed by atoms with Crippen molar-refractivity contribution in [2.24, 2.45) is 0 Å². The van der Waals surface area contributed by atoms with Crippen molar-refractivity contribution >= 4 is 5.57 Å². The fourth-order valence-corrected chi connectivity index (χ4v) is 2.01. The molecule has 0 aromatic heterocycles. The van der Waals surface area contributed by atoms with E-state index < -0.39 is 0 Å². The summed E-state index contributed by atoms with van der Waals surface area (Å²) in [6.45, 7) is 1.98. The Morgan fingerprint density at radius 3 is 2.75 bits per heavy atom. The average molecular weight is 215 g/mol. The minimum atomic E-state index is -0.294. The summed E-state index contributed by atoms with van der Waals surface area (Å²) in [6.07, 6.45) is 5.10. The van der Waals surface area contributed by atoms with Crippen LogP contribution < -0.4 is 0 Å². The quantitative estimate of drug-likeness (QED) is 0.561. The maximum Gasteiger partial charge on any atom is 0.272 e. The molecule has 0 bridgehead atoms. The molecule has 0 heterocycles. The van der Waals surface area contributed by atoms with Crippen LogP contribution in [-0.2, 0) is 0 Å². The maximum atomic E-state index is 10.9. The van der Waals surface area contributed by atoms with Gasteiger partial charge in [-0.05, 0) is 30.9 Å². The van der Waals surface area contributed by atoms with Gasteiger partial charge in [0.2, 0.25) is 0 Å². The lowest BCUT2D eigenvalue weighted by Crippen LogP contribution is -2.04. The molecule has 1 aromatic carbocycles. The van der Waals surface area contributed by atoms with E-state index in [1.165, 1.54) is 0 Å². The number of rotatable bonds is 2. The Bertz CT molecular complexity index is 486. The highest BCUT2D eigenvalue weighted by Crippen LogP contribution is 2.30. The SMILES string of the molecule is Cc1ccccc1C1=C([N+](=O)[O-])C=CCC1. The highest BCUT2D eigenvalue weighted by Gasteiger charge is 2.20. The molecule has 0 N–H and O–H groups in total. The van der Waals surface area contributed by atoms with E-state index in [0.717, 1.165) is 29.5 Å². The Morgan fingerprint density at radius 2 is 2.06 bits per heavy atom. The molecule has 0 amide bonds. The molecular formula is C13H13NO2. The second-order valence-electron chi connectivity index (χ2n) is 3.88. The van der Waals surface area contributed by atoms with Crippen LogP contribution in [0.25, 0.3) is 5.57 Å². The lowest BCUT2D eigenvalue weighted by atomic mass is 9.92. The summed E-state index contributed by atoms with van der Waals surface area (Å²) in [7, 11) is 0. The van der Waals surface area contributed by atoms with Gasteiger partial charge in [-0.15, -0.1) is 0 Å². The first kappa shape index (κ1) is 10.6. The lowest BCUT2D eigenvalue weighted by Gasteiger charge is -2.12. The van der Waals surface area contributed by atoms with Gasteiger partial charge in [0.25, 0.3) is 5.70 Å². The molecule has 0 unspecified atom stereocenters. The fraction of sp³-hybridized carbons (Fsp3) is 0.231. The summed E-state index contributed by atoms with van der Waals surface area (Å²) in [5.74, 6) is 0. The largest absolute Gasteiger partial charge is 0.272 e. The Labute approximate surface area is 94.3 Å².